The fourth-order valence-corrected chi connectivity index (χ4v) is 0. The fraction of sp³-hybridized carbons (Fsp3) is 1.00. The molecule has 50 valence electrons. The van der Waals surface area contributed by atoms with Crippen LogP contribution in [0.15, 0.2) is 0 Å². The molecule has 0 rings (SSSR count). The Kier molecular flexibility index (Phi) is 18.9. The monoisotopic (exact) mass is 129 g/mol. The summed E-state index contributed by atoms with van der Waals surface area (Å²) in [6, 6.07) is 0. The van der Waals surface area contributed by atoms with E-state index in [4.69, 9.17) is 20.4 Å². The second-order valence-corrected chi connectivity index (χ2v) is 1.32. The summed E-state index contributed by atoms with van der Waals surface area (Å²) in [5.74, 6) is 0. The molecule has 0 heterocycles. The molecule has 0 aromatic heterocycles. The molecule has 0 atom stereocenters. The van der Waals surface area contributed by atoms with Crippen molar-refractivity contribution in [1.82, 2.24) is 0 Å². The van der Waals surface area contributed by atoms with E-state index in [0.29, 0.717) is 0 Å². The molecule has 0 fully saturated rings. The Morgan fingerprint density at radius 3 is 1.44 bits per heavy atom. The second-order valence-electron chi connectivity index (χ2n) is 1.32. The molecule has 0 unspecified atom stereocenters. The van der Waals surface area contributed by atoms with E-state index in [-0.39, 0.29) is 25.0 Å². The second kappa shape index (κ2) is 10.7. The summed E-state index contributed by atoms with van der Waals surface area (Å²) in [6.07, 6.45) is -0.167. The zero-order valence-electron chi connectivity index (χ0n) is 5.70. The number of hydrogen-bond acceptors (Lipinski definition) is 4. The SMILES string of the molecule is CC(C)O.O=[N+]([O-])[O-].[Li+]. The Morgan fingerprint density at radius 1 is 1.44 bits per heavy atom. The molecule has 5 nitrogen and oxygen atoms in total. The number of rotatable bonds is 0. The molecular weight excluding hydrogens is 121 g/mol. The van der Waals surface area contributed by atoms with Crippen LogP contribution in [0.2, 0.25) is 0 Å². The van der Waals surface area contributed by atoms with Gasteiger partial charge in [-0.1, -0.05) is 0 Å². The van der Waals surface area contributed by atoms with Crippen LogP contribution in [0.4, 0.5) is 0 Å². The van der Waals surface area contributed by atoms with Crippen LogP contribution in [0.5, 0.6) is 0 Å². The van der Waals surface area contributed by atoms with Crippen molar-refractivity contribution in [3.63, 3.8) is 0 Å². The molecule has 0 aliphatic carbocycles. The third-order valence-electron chi connectivity index (χ3n) is 0. The predicted octanol–water partition coefficient (Wildman–Crippen LogP) is -2.85. The van der Waals surface area contributed by atoms with Gasteiger partial charge in [-0.3, -0.25) is 0 Å². The van der Waals surface area contributed by atoms with Gasteiger partial charge in [0.2, 0.25) is 0 Å². The molecule has 0 amide bonds. The van der Waals surface area contributed by atoms with Crippen molar-refractivity contribution >= 4 is 0 Å². The third kappa shape index (κ3) is 4370. The van der Waals surface area contributed by atoms with E-state index in [2.05, 4.69) is 0 Å². The Balaban J connectivity index is -0.0000000720. The van der Waals surface area contributed by atoms with Gasteiger partial charge in [-0.05, 0) is 13.8 Å². The standard InChI is InChI=1S/C3H8O.Li.NO3/c1-3(2)4;;2-1(3)4/h3-4H,1-2H3;;/q;+1;-1. The van der Waals surface area contributed by atoms with E-state index in [1.54, 1.807) is 13.8 Å². The Labute approximate surface area is 65.0 Å². The summed E-state index contributed by atoms with van der Waals surface area (Å²) in [6.45, 7) is 3.44. The Morgan fingerprint density at radius 2 is 1.44 bits per heavy atom. The summed E-state index contributed by atoms with van der Waals surface area (Å²) >= 11 is 0. The topological polar surface area (TPSA) is 86.4 Å². The largest absolute Gasteiger partial charge is 1.00 e. The van der Waals surface area contributed by atoms with Crippen molar-refractivity contribution in [3.05, 3.63) is 15.3 Å². The van der Waals surface area contributed by atoms with Crippen molar-refractivity contribution in [2.24, 2.45) is 0 Å². The fourth-order valence-electron chi connectivity index (χ4n) is 0. The maximum absolute atomic E-state index is 8.25. The average Bonchev–Trinajstić information content (AvgIpc) is 1.25. The van der Waals surface area contributed by atoms with Crippen LogP contribution in [-0.4, -0.2) is 16.3 Å². The quantitative estimate of drug-likeness (QED) is 0.217. The van der Waals surface area contributed by atoms with Gasteiger partial charge in [-0.25, -0.2) is 0 Å². The van der Waals surface area contributed by atoms with Crippen LogP contribution >= 0.6 is 0 Å². The van der Waals surface area contributed by atoms with E-state index in [1.165, 1.54) is 0 Å². The molecule has 0 spiro atoms. The van der Waals surface area contributed by atoms with Crippen molar-refractivity contribution in [1.29, 1.82) is 0 Å². The van der Waals surface area contributed by atoms with Crippen LogP contribution in [0, 0.1) is 15.3 Å². The van der Waals surface area contributed by atoms with Gasteiger partial charge in [-0.15, -0.1) is 0 Å². The number of aliphatic hydroxyl groups excluding tert-OH is 1. The smallest absolute Gasteiger partial charge is 0.394 e. The first kappa shape index (κ1) is 15.9. The zero-order valence-corrected chi connectivity index (χ0v) is 5.70. The normalized spacial score (nSPS) is 6.67. The van der Waals surface area contributed by atoms with Crippen molar-refractivity contribution < 1.29 is 29.1 Å². The van der Waals surface area contributed by atoms with E-state index in [1.807, 2.05) is 0 Å². The maximum atomic E-state index is 8.25. The van der Waals surface area contributed by atoms with Gasteiger partial charge < -0.3 is 20.4 Å². The van der Waals surface area contributed by atoms with Crippen LogP contribution in [0.3, 0.4) is 0 Å². The molecule has 0 aliphatic heterocycles. The Hall–Kier alpha value is -0.243. The predicted molar refractivity (Wildman–Crippen MR) is 27.7 cm³/mol. The number of hydrogen-bond donors (Lipinski definition) is 1. The summed E-state index contributed by atoms with van der Waals surface area (Å²) in [5, 5.41) is 22.8. The minimum absolute atomic E-state index is 0. The molecule has 1 N–H and O–H groups in total. The van der Waals surface area contributed by atoms with E-state index < -0.39 is 5.09 Å². The van der Waals surface area contributed by atoms with Gasteiger partial charge in [0.15, 0.2) is 0 Å². The van der Waals surface area contributed by atoms with Gasteiger partial charge in [0, 0.05) is 6.10 Å². The van der Waals surface area contributed by atoms with Crippen LogP contribution in [-0.2, 0) is 0 Å². The molecule has 9 heavy (non-hydrogen) atoms. The van der Waals surface area contributed by atoms with Crippen molar-refractivity contribution in [3.8, 4) is 0 Å². The molecule has 0 saturated carbocycles. The summed E-state index contributed by atoms with van der Waals surface area (Å²) in [4.78, 5) is 8.25. The molecule has 0 radical (unpaired) electrons. The number of aliphatic hydroxyl groups is 1. The summed E-state index contributed by atoms with van der Waals surface area (Å²) in [7, 11) is 0. The number of nitrogens with zero attached hydrogens (tertiary/aromatic N) is 1. The third-order valence-corrected chi connectivity index (χ3v) is 0. The van der Waals surface area contributed by atoms with Gasteiger partial charge in [0.1, 0.15) is 0 Å². The maximum Gasteiger partial charge on any atom is 1.00 e. The average molecular weight is 129 g/mol. The van der Waals surface area contributed by atoms with E-state index in [0.717, 1.165) is 0 Å². The van der Waals surface area contributed by atoms with E-state index in [9.17, 15) is 0 Å². The van der Waals surface area contributed by atoms with Crippen LogP contribution in [0.25, 0.3) is 0 Å². The molecule has 0 bridgehead atoms. The molecule has 0 aromatic rings. The summed E-state index contributed by atoms with van der Waals surface area (Å²) in [5.41, 5.74) is 0. The van der Waals surface area contributed by atoms with Crippen LogP contribution in [0.1, 0.15) is 13.8 Å². The molecular formula is C3H8LiNO4. The van der Waals surface area contributed by atoms with Crippen molar-refractivity contribution in [2.45, 2.75) is 20.0 Å². The summed E-state index contributed by atoms with van der Waals surface area (Å²) < 4.78 is 0. The van der Waals surface area contributed by atoms with Gasteiger partial charge in [0.25, 0.3) is 0 Å². The first-order chi connectivity index (χ1) is 3.46. The molecule has 6 heteroatoms. The molecule has 0 aromatic carbocycles. The first-order valence-electron chi connectivity index (χ1n) is 1.96. The zero-order chi connectivity index (χ0) is 7.15. The molecule has 0 saturated heterocycles. The minimum Gasteiger partial charge on any atom is -0.394 e. The van der Waals surface area contributed by atoms with E-state index >= 15 is 0 Å². The first-order valence-corrected chi connectivity index (χ1v) is 1.96. The van der Waals surface area contributed by atoms with Gasteiger partial charge in [0.05, 0.1) is 5.09 Å². The Bertz CT molecular complexity index is 60.1. The van der Waals surface area contributed by atoms with Gasteiger partial charge >= 0.3 is 18.9 Å². The van der Waals surface area contributed by atoms with Gasteiger partial charge in [-0.2, -0.15) is 0 Å². The van der Waals surface area contributed by atoms with Crippen molar-refractivity contribution in [2.75, 3.05) is 0 Å². The van der Waals surface area contributed by atoms with Crippen LogP contribution < -0.4 is 18.9 Å². The minimum atomic E-state index is -1.75. The molecule has 0 aliphatic rings.